The summed E-state index contributed by atoms with van der Waals surface area (Å²) in [5.74, 6) is 1.29. The van der Waals surface area contributed by atoms with Crippen molar-refractivity contribution in [3.8, 4) is 5.82 Å². The van der Waals surface area contributed by atoms with Gasteiger partial charge in [-0.15, -0.1) is 0 Å². The van der Waals surface area contributed by atoms with E-state index in [1.165, 1.54) is 6.33 Å². The third-order valence-electron chi connectivity index (χ3n) is 4.47. The van der Waals surface area contributed by atoms with Crippen molar-refractivity contribution >= 4 is 27.2 Å². The van der Waals surface area contributed by atoms with Gasteiger partial charge in [0.1, 0.15) is 24.3 Å². The standard InChI is InChI=1S/C21H20N6O2S/c1-2-16-3-9-19(10-4-16)30(28,29)26-18-7-5-17(6-8-18)25-20-13-21(24-14-23-20)27-12-11-22-15-27/h3-15,26H,2H2,1H3,(H,23,24,25). The van der Waals surface area contributed by atoms with Crippen molar-refractivity contribution in [2.24, 2.45) is 0 Å². The smallest absolute Gasteiger partial charge is 0.261 e. The van der Waals surface area contributed by atoms with E-state index in [-0.39, 0.29) is 4.90 Å². The molecule has 0 radical (unpaired) electrons. The summed E-state index contributed by atoms with van der Waals surface area (Å²) < 4.78 is 29.5. The zero-order valence-corrected chi connectivity index (χ0v) is 17.0. The molecule has 0 atom stereocenters. The lowest BCUT2D eigenvalue weighted by molar-refractivity contribution is 0.601. The molecular weight excluding hydrogens is 400 g/mol. The van der Waals surface area contributed by atoms with Gasteiger partial charge in [-0.25, -0.2) is 23.4 Å². The molecule has 4 aromatic rings. The molecule has 2 N–H and O–H groups in total. The van der Waals surface area contributed by atoms with Crippen LogP contribution in [-0.2, 0) is 16.4 Å². The number of anilines is 3. The fraction of sp³-hybridized carbons (Fsp3) is 0.0952. The second-order valence-electron chi connectivity index (χ2n) is 6.54. The lowest BCUT2D eigenvalue weighted by Crippen LogP contribution is -2.12. The van der Waals surface area contributed by atoms with Crippen LogP contribution >= 0.6 is 0 Å². The number of rotatable bonds is 7. The van der Waals surface area contributed by atoms with Gasteiger partial charge >= 0.3 is 0 Å². The highest BCUT2D eigenvalue weighted by Gasteiger charge is 2.14. The lowest BCUT2D eigenvalue weighted by Gasteiger charge is -2.10. The maximum absolute atomic E-state index is 12.6. The van der Waals surface area contributed by atoms with Crippen LogP contribution < -0.4 is 10.0 Å². The summed E-state index contributed by atoms with van der Waals surface area (Å²) in [6, 6.07) is 15.6. The summed E-state index contributed by atoms with van der Waals surface area (Å²) in [5.41, 5.74) is 2.33. The minimum absolute atomic E-state index is 0.231. The van der Waals surface area contributed by atoms with Crippen molar-refractivity contribution in [2.45, 2.75) is 18.2 Å². The van der Waals surface area contributed by atoms with Gasteiger partial charge in [-0.2, -0.15) is 0 Å². The molecule has 152 valence electrons. The Balaban J connectivity index is 1.46. The molecule has 0 unspecified atom stereocenters. The molecule has 0 spiro atoms. The highest BCUT2D eigenvalue weighted by molar-refractivity contribution is 7.92. The molecule has 0 aliphatic heterocycles. The van der Waals surface area contributed by atoms with Gasteiger partial charge in [0.15, 0.2) is 0 Å². The first kappa shape index (κ1) is 19.6. The third kappa shape index (κ3) is 4.47. The largest absolute Gasteiger partial charge is 0.340 e. The highest BCUT2D eigenvalue weighted by atomic mass is 32.2. The summed E-state index contributed by atoms with van der Waals surface area (Å²) in [4.78, 5) is 12.7. The summed E-state index contributed by atoms with van der Waals surface area (Å²) >= 11 is 0. The summed E-state index contributed by atoms with van der Waals surface area (Å²) in [6.45, 7) is 2.03. The molecule has 4 rings (SSSR count). The van der Waals surface area contributed by atoms with Crippen LogP contribution in [0.3, 0.4) is 0 Å². The molecule has 2 aromatic carbocycles. The first-order chi connectivity index (χ1) is 14.5. The normalized spacial score (nSPS) is 11.2. The van der Waals surface area contributed by atoms with Crippen LogP contribution in [0.5, 0.6) is 0 Å². The van der Waals surface area contributed by atoms with Crippen molar-refractivity contribution in [3.05, 3.63) is 85.2 Å². The quantitative estimate of drug-likeness (QED) is 0.472. The van der Waals surface area contributed by atoms with Crippen molar-refractivity contribution in [1.29, 1.82) is 0 Å². The van der Waals surface area contributed by atoms with Gasteiger partial charge in [-0.1, -0.05) is 19.1 Å². The van der Waals surface area contributed by atoms with E-state index < -0.39 is 10.0 Å². The van der Waals surface area contributed by atoms with Gasteiger partial charge in [0, 0.05) is 29.8 Å². The third-order valence-corrected chi connectivity index (χ3v) is 5.87. The van der Waals surface area contributed by atoms with E-state index >= 15 is 0 Å². The number of imidazole rings is 1. The van der Waals surface area contributed by atoms with Crippen molar-refractivity contribution in [3.63, 3.8) is 0 Å². The maximum atomic E-state index is 12.6. The molecular formula is C21H20N6O2S. The predicted molar refractivity (Wildman–Crippen MR) is 116 cm³/mol. The summed E-state index contributed by atoms with van der Waals surface area (Å²) in [6.07, 6.45) is 7.45. The molecule has 0 saturated heterocycles. The van der Waals surface area contributed by atoms with E-state index in [2.05, 4.69) is 25.0 Å². The second kappa shape index (κ2) is 8.34. The average molecular weight is 420 g/mol. The Morgan fingerprint density at radius 3 is 2.37 bits per heavy atom. The van der Waals surface area contributed by atoms with Gasteiger partial charge < -0.3 is 5.32 Å². The summed E-state index contributed by atoms with van der Waals surface area (Å²) in [5, 5.41) is 3.18. The molecule has 9 heteroatoms. The zero-order valence-electron chi connectivity index (χ0n) is 16.2. The molecule has 0 amide bonds. The van der Waals surface area contributed by atoms with Crippen molar-refractivity contribution < 1.29 is 8.42 Å². The van der Waals surface area contributed by atoms with E-state index in [4.69, 9.17) is 0 Å². The number of hydrogen-bond acceptors (Lipinski definition) is 6. The number of aromatic nitrogens is 4. The van der Waals surface area contributed by atoms with Gasteiger partial charge in [0.05, 0.1) is 4.90 Å². The van der Waals surface area contributed by atoms with E-state index in [1.54, 1.807) is 65.8 Å². The SMILES string of the molecule is CCc1ccc(S(=O)(=O)Nc2ccc(Nc3cc(-n4ccnc4)ncn3)cc2)cc1. The second-order valence-corrected chi connectivity index (χ2v) is 8.22. The molecule has 2 heterocycles. The number of sulfonamides is 1. The number of nitrogens with zero attached hydrogens (tertiary/aromatic N) is 4. The molecule has 0 aliphatic rings. The van der Waals surface area contributed by atoms with E-state index in [9.17, 15) is 8.42 Å². The van der Waals surface area contributed by atoms with Crippen LogP contribution in [0.2, 0.25) is 0 Å². The van der Waals surface area contributed by atoms with Crippen LogP contribution in [-0.4, -0.2) is 27.9 Å². The Bertz CT molecular complexity index is 1220. The number of benzene rings is 2. The first-order valence-electron chi connectivity index (χ1n) is 9.33. The van der Waals surface area contributed by atoms with Crippen molar-refractivity contribution in [1.82, 2.24) is 19.5 Å². The molecule has 0 aliphatic carbocycles. The molecule has 2 aromatic heterocycles. The lowest BCUT2D eigenvalue weighted by atomic mass is 10.2. The molecule has 0 saturated carbocycles. The minimum atomic E-state index is -3.64. The monoisotopic (exact) mass is 420 g/mol. The Morgan fingerprint density at radius 1 is 0.967 bits per heavy atom. The molecule has 0 fully saturated rings. The number of aryl methyl sites for hydroxylation is 1. The van der Waals surface area contributed by atoms with Gasteiger partial charge in [-0.3, -0.25) is 9.29 Å². The minimum Gasteiger partial charge on any atom is -0.340 e. The topological polar surface area (TPSA) is 102 Å². The average Bonchev–Trinajstić information content (AvgIpc) is 3.30. The van der Waals surface area contributed by atoms with Gasteiger partial charge in [0.2, 0.25) is 0 Å². The fourth-order valence-corrected chi connectivity index (χ4v) is 3.90. The van der Waals surface area contributed by atoms with Crippen LogP contribution in [0.4, 0.5) is 17.2 Å². The van der Waals surface area contributed by atoms with Crippen LogP contribution in [0.15, 0.2) is 84.5 Å². The number of nitrogens with one attached hydrogen (secondary N) is 2. The molecule has 8 nitrogen and oxygen atoms in total. The number of hydrogen-bond donors (Lipinski definition) is 2. The zero-order chi connectivity index (χ0) is 21.0. The van der Waals surface area contributed by atoms with E-state index in [1.807, 2.05) is 19.1 Å². The van der Waals surface area contributed by atoms with Gasteiger partial charge in [-0.05, 0) is 48.4 Å². The fourth-order valence-electron chi connectivity index (χ4n) is 2.84. The maximum Gasteiger partial charge on any atom is 0.261 e. The highest BCUT2D eigenvalue weighted by Crippen LogP contribution is 2.21. The van der Waals surface area contributed by atoms with E-state index in [0.717, 1.165) is 17.7 Å². The summed E-state index contributed by atoms with van der Waals surface area (Å²) in [7, 11) is -3.64. The Kier molecular flexibility index (Phi) is 5.44. The molecule has 0 bridgehead atoms. The van der Waals surface area contributed by atoms with Crippen LogP contribution in [0, 0.1) is 0 Å². The molecule has 30 heavy (non-hydrogen) atoms. The first-order valence-corrected chi connectivity index (χ1v) is 10.8. The van der Waals surface area contributed by atoms with E-state index in [0.29, 0.717) is 17.3 Å². The van der Waals surface area contributed by atoms with Crippen LogP contribution in [0.1, 0.15) is 12.5 Å². The Hall–Kier alpha value is -3.72. The van der Waals surface area contributed by atoms with Crippen molar-refractivity contribution in [2.75, 3.05) is 10.0 Å². The van der Waals surface area contributed by atoms with Crippen LogP contribution in [0.25, 0.3) is 5.82 Å². The predicted octanol–water partition coefficient (Wildman–Crippen LogP) is 3.77. The van der Waals surface area contributed by atoms with Gasteiger partial charge in [0.25, 0.3) is 10.0 Å². The Morgan fingerprint density at radius 2 is 1.70 bits per heavy atom. The Labute approximate surface area is 174 Å².